The van der Waals surface area contributed by atoms with Crippen molar-refractivity contribution in [1.29, 1.82) is 5.41 Å². The Morgan fingerprint density at radius 3 is 2.00 bits per heavy atom. The molecule has 0 aliphatic carbocycles. The molecular weight excluding hydrogens is 180 g/mol. The minimum absolute atomic E-state index is 0.502. The lowest BCUT2D eigenvalue weighted by Crippen LogP contribution is -1.84. The van der Waals surface area contributed by atoms with E-state index >= 15 is 0 Å². The summed E-state index contributed by atoms with van der Waals surface area (Å²) in [6.45, 7) is 6.39. The molecular formula is C10H20N2S. The summed E-state index contributed by atoms with van der Waals surface area (Å²) in [5.41, 5.74) is 0. The summed E-state index contributed by atoms with van der Waals surface area (Å²) < 4.78 is 0. The first kappa shape index (κ1) is 12.7. The number of amidine groups is 1. The van der Waals surface area contributed by atoms with E-state index in [0.717, 1.165) is 10.8 Å². The fraction of sp³-hybridized carbons (Fsp3) is 0.800. The van der Waals surface area contributed by atoms with Crippen LogP contribution in [-0.2, 0) is 0 Å². The van der Waals surface area contributed by atoms with Crippen LogP contribution in [0.2, 0.25) is 0 Å². The summed E-state index contributed by atoms with van der Waals surface area (Å²) in [5, 5.41) is 7.99. The lowest BCUT2D eigenvalue weighted by atomic mass is 10.2. The number of nitrogens with zero attached hydrogens (tertiary/aromatic N) is 1. The molecule has 0 spiro atoms. The van der Waals surface area contributed by atoms with Crippen molar-refractivity contribution < 1.29 is 0 Å². The van der Waals surface area contributed by atoms with E-state index < -0.39 is 0 Å². The van der Waals surface area contributed by atoms with Gasteiger partial charge in [-0.1, -0.05) is 39.5 Å². The van der Waals surface area contributed by atoms with Crippen LogP contribution in [0.25, 0.3) is 0 Å². The topological polar surface area (TPSA) is 36.2 Å². The van der Waals surface area contributed by atoms with Gasteiger partial charge in [-0.25, -0.2) is 4.99 Å². The first-order valence-electron chi connectivity index (χ1n) is 4.96. The Morgan fingerprint density at radius 2 is 1.85 bits per heavy atom. The second kappa shape index (κ2) is 8.30. The maximum atomic E-state index is 6.97. The van der Waals surface area contributed by atoms with E-state index in [9.17, 15) is 0 Å². The van der Waals surface area contributed by atoms with E-state index in [4.69, 9.17) is 5.41 Å². The molecule has 0 atom stereocenters. The van der Waals surface area contributed by atoms with Crippen LogP contribution in [0.4, 0.5) is 0 Å². The standard InChI is InChI=1S/C6H14.C4H6N2S/c1-3-5-6-4-2;1-3-6-4(5)2-7-3/h3-6H2,1-2H3;5H,2H2,1H3. The Hall–Kier alpha value is -0.310. The number of aliphatic imine (C=N–C) groups is 1. The molecule has 0 bridgehead atoms. The average Bonchev–Trinajstić information content (AvgIpc) is 2.47. The van der Waals surface area contributed by atoms with Crippen molar-refractivity contribution >= 4 is 22.6 Å². The van der Waals surface area contributed by atoms with E-state index in [0.29, 0.717) is 5.84 Å². The molecule has 1 heterocycles. The van der Waals surface area contributed by atoms with Gasteiger partial charge in [0, 0.05) is 0 Å². The first-order valence-corrected chi connectivity index (χ1v) is 5.94. The van der Waals surface area contributed by atoms with Crippen LogP contribution >= 0.6 is 11.8 Å². The highest BCUT2D eigenvalue weighted by atomic mass is 32.2. The summed E-state index contributed by atoms with van der Waals surface area (Å²) in [7, 11) is 0. The number of rotatable bonds is 3. The smallest absolute Gasteiger partial charge is 0.131 e. The highest BCUT2D eigenvalue weighted by Crippen LogP contribution is 2.11. The fourth-order valence-electron chi connectivity index (χ4n) is 0.927. The SMILES string of the molecule is CC1=NC(=N)CS1.CCCCCC. The fourth-order valence-corrected chi connectivity index (χ4v) is 1.51. The molecule has 2 nitrogen and oxygen atoms in total. The average molecular weight is 200 g/mol. The summed E-state index contributed by atoms with van der Waals surface area (Å²) in [5.74, 6) is 1.27. The lowest BCUT2D eigenvalue weighted by Gasteiger charge is -1.86. The zero-order chi connectivity index (χ0) is 10.1. The Labute approximate surface area is 85.7 Å². The molecule has 1 aliphatic heterocycles. The van der Waals surface area contributed by atoms with Gasteiger partial charge in [-0.3, -0.25) is 5.41 Å². The van der Waals surface area contributed by atoms with Gasteiger partial charge in [0.15, 0.2) is 0 Å². The summed E-state index contributed by atoms with van der Waals surface area (Å²) in [6.07, 6.45) is 5.54. The third-order valence-electron chi connectivity index (χ3n) is 1.67. The van der Waals surface area contributed by atoms with Crippen molar-refractivity contribution in [3.05, 3.63) is 0 Å². The molecule has 0 saturated heterocycles. The predicted molar refractivity (Wildman–Crippen MR) is 63.1 cm³/mol. The molecule has 1 N–H and O–H groups in total. The van der Waals surface area contributed by atoms with Crippen molar-refractivity contribution in [1.82, 2.24) is 0 Å². The van der Waals surface area contributed by atoms with Crippen molar-refractivity contribution in [3.8, 4) is 0 Å². The molecule has 0 amide bonds. The quantitative estimate of drug-likeness (QED) is 0.693. The van der Waals surface area contributed by atoms with Crippen molar-refractivity contribution in [2.75, 3.05) is 5.75 Å². The van der Waals surface area contributed by atoms with E-state index in [1.807, 2.05) is 6.92 Å². The Bertz CT molecular complexity index is 172. The van der Waals surface area contributed by atoms with Crippen LogP contribution in [0, 0.1) is 5.41 Å². The van der Waals surface area contributed by atoms with Crippen LogP contribution in [0.3, 0.4) is 0 Å². The molecule has 1 rings (SSSR count). The Morgan fingerprint density at radius 1 is 1.31 bits per heavy atom. The molecule has 13 heavy (non-hydrogen) atoms. The zero-order valence-corrected chi connectivity index (χ0v) is 9.71. The van der Waals surface area contributed by atoms with Crippen LogP contribution < -0.4 is 0 Å². The second-order valence-electron chi connectivity index (χ2n) is 3.07. The maximum absolute atomic E-state index is 6.97. The molecule has 0 aromatic carbocycles. The molecule has 0 aromatic rings. The first-order chi connectivity index (χ1) is 6.20. The molecule has 3 heteroatoms. The van der Waals surface area contributed by atoms with E-state index in [-0.39, 0.29) is 0 Å². The normalized spacial score (nSPS) is 15.0. The van der Waals surface area contributed by atoms with Gasteiger partial charge < -0.3 is 0 Å². The minimum atomic E-state index is 0.502. The van der Waals surface area contributed by atoms with Gasteiger partial charge in [-0.2, -0.15) is 0 Å². The third-order valence-corrected chi connectivity index (χ3v) is 2.59. The summed E-state index contributed by atoms with van der Waals surface area (Å²) >= 11 is 1.63. The molecule has 0 aromatic heterocycles. The number of hydrogen-bond acceptors (Lipinski definition) is 2. The van der Waals surface area contributed by atoms with E-state index in [1.54, 1.807) is 11.8 Å². The molecule has 0 radical (unpaired) electrons. The molecule has 0 fully saturated rings. The van der Waals surface area contributed by atoms with Gasteiger partial charge in [0.25, 0.3) is 0 Å². The number of nitrogens with one attached hydrogen (secondary N) is 1. The molecule has 76 valence electrons. The van der Waals surface area contributed by atoms with Crippen LogP contribution in [0.5, 0.6) is 0 Å². The lowest BCUT2D eigenvalue weighted by molar-refractivity contribution is 0.702. The maximum Gasteiger partial charge on any atom is 0.131 e. The van der Waals surface area contributed by atoms with Crippen molar-refractivity contribution in [2.45, 2.75) is 46.5 Å². The largest absolute Gasteiger partial charge is 0.286 e. The van der Waals surface area contributed by atoms with Gasteiger partial charge in [-0.05, 0) is 6.92 Å². The summed E-state index contributed by atoms with van der Waals surface area (Å²) in [6, 6.07) is 0. The highest BCUT2D eigenvalue weighted by Gasteiger charge is 2.04. The number of thioether (sulfide) groups is 1. The highest BCUT2D eigenvalue weighted by molar-refractivity contribution is 8.14. The Balaban J connectivity index is 0.000000226. The van der Waals surface area contributed by atoms with Crippen molar-refractivity contribution in [2.24, 2.45) is 4.99 Å². The van der Waals surface area contributed by atoms with Crippen molar-refractivity contribution in [3.63, 3.8) is 0 Å². The molecule has 0 unspecified atom stereocenters. The minimum Gasteiger partial charge on any atom is -0.286 e. The number of unbranched alkanes of at least 4 members (excludes halogenated alkanes) is 3. The number of hydrogen-bond donors (Lipinski definition) is 1. The van der Waals surface area contributed by atoms with Crippen LogP contribution in [0.1, 0.15) is 46.5 Å². The molecule has 0 saturated carbocycles. The van der Waals surface area contributed by atoms with Crippen LogP contribution in [0.15, 0.2) is 4.99 Å². The zero-order valence-electron chi connectivity index (χ0n) is 8.89. The predicted octanol–water partition coefficient (Wildman–Crippen LogP) is 3.72. The van der Waals surface area contributed by atoms with Gasteiger partial charge >= 0.3 is 0 Å². The van der Waals surface area contributed by atoms with Gasteiger partial charge in [0.2, 0.25) is 0 Å². The second-order valence-corrected chi connectivity index (χ2v) is 4.24. The van der Waals surface area contributed by atoms with Gasteiger partial charge in [-0.15, -0.1) is 11.8 Å². The molecule has 1 aliphatic rings. The van der Waals surface area contributed by atoms with E-state index in [1.165, 1.54) is 25.7 Å². The summed E-state index contributed by atoms with van der Waals surface area (Å²) in [4.78, 5) is 3.85. The van der Waals surface area contributed by atoms with E-state index in [2.05, 4.69) is 18.8 Å². The van der Waals surface area contributed by atoms with Gasteiger partial charge in [0.1, 0.15) is 5.84 Å². The Kier molecular flexibility index (Phi) is 8.10. The third kappa shape index (κ3) is 8.03. The monoisotopic (exact) mass is 200 g/mol. The van der Waals surface area contributed by atoms with Crippen LogP contribution in [-0.4, -0.2) is 16.6 Å². The van der Waals surface area contributed by atoms with Gasteiger partial charge in [0.05, 0.1) is 10.8 Å².